The molecule has 0 spiro atoms. The van der Waals surface area contributed by atoms with Crippen LogP contribution in [0.25, 0.3) is 0 Å². The molecular weight excluding hydrogens is 301 g/mol. The summed E-state index contributed by atoms with van der Waals surface area (Å²) in [5.41, 5.74) is -1.97. The molecule has 1 aliphatic rings. The van der Waals surface area contributed by atoms with Gasteiger partial charge in [-0.1, -0.05) is 0 Å². The Morgan fingerprint density at radius 3 is 2.41 bits per heavy atom. The minimum absolute atomic E-state index is 0.185. The maximum Gasteiger partial charge on any atom is 0.438 e. The summed E-state index contributed by atoms with van der Waals surface area (Å²) >= 11 is 0. The van der Waals surface area contributed by atoms with E-state index in [2.05, 4.69) is 15.1 Å². The van der Waals surface area contributed by atoms with Crippen molar-refractivity contribution < 1.29 is 23.0 Å². The highest BCUT2D eigenvalue weighted by molar-refractivity contribution is 5.89. The van der Waals surface area contributed by atoms with Gasteiger partial charge in [0, 0.05) is 37.1 Å². The Kier molecular flexibility index (Phi) is 4.39. The van der Waals surface area contributed by atoms with Gasteiger partial charge in [-0.15, -0.1) is 0 Å². The van der Waals surface area contributed by atoms with Crippen molar-refractivity contribution >= 4 is 11.7 Å². The molecule has 6 nitrogen and oxygen atoms in total. The van der Waals surface area contributed by atoms with Gasteiger partial charge in [-0.2, -0.15) is 23.3 Å². The second kappa shape index (κ2) is 5.81. The monoisotopic (exact) mass is 318 g/mol. The van der Waals surface area contributed by atoms with Crippen LogP contribution in [0.4, 0.5) is 19.1 Å². The van der Waals surface area contributed by atoms with Crippen LogP contribution in [0.3, 0.4) is 0 Å². The van der Waals surface area contributed by atoms with Gasteiger partial charge in [-0.05, 0) is 19.9 Å². The summed E-state index contributed by atoms with van der Waals surface area (Å²) in [6, 6.07) is 1.63. The first-order valence-corrected chi connectivity index (χ1v) is 6.64. The first kappa shape index (κ1) is 16.6. The summed E-state index contributed by atoms with van der Waals surface area (Å²) in [7, 11) is 1.44. The SMILES string of the molecule is COCCC1=NN(c2nc(C)cc(C)n2)[C@](O)(C(F)(F)F)C1. The fourth-order valence-corrected chi connectivity index (χ4v) is 2.21. The van der Waals surface area contributed by atoms with E-state index in [4.69, 9.17) is 4.74 Å². The number of methoxy groups -OCH3 is 1. The van der Waals surface area contributed by atoms with Gasteiger partial charge in [0.25, 0.3) is 5.72 Å². The number of halogens is 3. The molecule has 122 valence electrons. The summed E-state index contributed by atoms with van der Waals surface area (Å²) < 4.78 is 44.8. The van der Waals surface area contributed by atoms with Crippen LogP contribution in [0.15, 0.2) is 11.2 Å². The highest BCUT2D eigenvalue weighted by Gasteiger charge is 2.62. The molecule has 1 aromatic rings. The Labute approximate surface area is 125 Å². The number of alkyl halides is 3. The molecule has 0 aromatic carbocycles. The molecule has 0 radical (unpaired) electrons. The Bertz CT molecular complexity index is 571. The van der Waals surface area contributed by atoms with Crippen LogP contribution < -0.4 is 5.01 Å². The van der Waals surface area contributed by atoms with Crippen LogP contribution in [-0.2, 0) is 4.74 Å². The number of hydrazone groups is 1. The fraction of sp³-hybridized carbons (Fsp3) is 0.615. The average molecular weight is 318 g/mol. The third-order valence-corrected chi connectivity index (χ3v) is 3.25. The quantitative estimate of drug-likeness (QED) is 0.919. The van der Waals surface area contributed by atoms with E-state index in [0.29, 0.717) is 16.4 Å². The van der Waals surface area contributed by atoms with Crippen LogP contribution in [0.5, 0.6) is 0 Å². The van der Waals surface area contributed by atoms with Crippen LogP contribution in [0.1, 0.15) is 24.2 Å². The number of hydrogen-bond acceptors (Lipinski definition) is 6. The van der Waals surface area contributed by atoms with Crippen molar-refractivity contribution in [3.63, 3.8) is 0 Å². The molecule has 1 atom stereocenters. The van der Waals surface area contributed by atoms with Gasteiger partial charge in [-0.25, -0.2) is 9.97 Å². The summed E-state index contributed by atoms with van der Waals surface area (Å²) in [4.78, 5) is 7.91. The smallest absolute Gasteiger partial charge is 0.384 e. The molecule has 0 saturated heterocycles. The third-order valence-electron chi connectivity index (χ3n) is 3.25. The van der Waals surface area contributed by atoms with Gasteiger partial charge >= 0.3 is 6.18 Å². The molecular formula is C13H17F3N4O2. The Morgan fingerprint density at radius 2 is 1.91 bits per heavy atom. The normalized spacial score (nSPS) is 22.1. The van der Waals surface area contributed by atoms with E-state index >= 15 is 0 Å². The molecule has 2 rings (SSSR count). The maximum absolute atomic E-state index is 13.3. The molecule has 0 bridgehead atoms. The van der Waals surface area contributed by atoms with Gasteiger partial charge in [0.2, 0.25) is 5.95 Å². The second-order valence-corrected chi connectivity index (χ2v) is 5.16. The van der Waals surface area contributed by atoms with Gasteiger partial charge in [0.1, 0.15) is 0 Å². The molecule has 0 amide bonds. The van der Waals surface area contributed by atoms with Crippen LogP contribution in [0, 0.1) is 13.8 Å². The molecule has 0 fully saturated rings. The Hall–Kier alpha value is -1.74. The van der Waals surface area contributed by atoms with Gasteiger partial charge in [-0.3, -0.25) is 0 Å². The highest BCUT2D eigenvalue weighted by atomic mass is 19.4. The van der Waals surface area contributed by atoms with Crippen molar-refractivity contribution in [2.45, 2.75) is 38.6 Å². The fourth-order valence-electron chi connectivity index (χ4n) is 2.21. The maximum atomic E-state index is 13.3. The first-order chi connectivity index (χ1) is 10.2. The minimum atomic E-state index is -4.90. The van der Waals surface area contributed by atoms with E-state index in [1.54, 1.807) is 19.9 Å². The Morgan fingerprint density at radius 1 is 1.32 bits per heavy atom. The number of nitrogens with zero attached hydrogens (tertiary/aromatic N) is 4. The summed E-state index contributed by atoms with van der Waals surface area (Å²) in [5, 5.41) is 14.5. The molecule has 0 unspecified atom stereocenters. The molecule has 9 heteroatoms. The molecule has 1 N–H and O–H groups in total. The van der Waals surface area contributed by atoms with E-state index in [1.807, 2.05) is 0 Å². The lowest BCUT2D eigenvalue weighted by Crippen LogP contribution is -2.55. The number of rotatable bonds is 4. The summed E-state index contributed by atoms with van der Waals surface area (Å²) in [6.07, 6.45) is -5.36. The van der Waals surface area contributed by atoms with Gasteiger partial charge < -0.3 is 9.84 Å². The van der Waals surface area contributed by atoms with Gasteiger partial charge in [0.05, 0.1) is 6.61 Å². The number of anilines is 1. The molecule has 2 heterocycles. The topological polar surface area (TPSA) is 70.8 Å². The zero-order valence-electron chi connectivity index (χ0n) is 12.5. The van der Waals surface area contributed by atoms with Crippen molar-refractivity contribution in [1.82, 2.24) is 9.97 Å². The lowest BCUT2D eigenvalue weighted by molar-refractivity contribution is -0.254. The standard InChI is InChI=1S/C13H17F3N4O2/c1-8-6-9(2)18-11(17-8)20-12(21,13(14,15)16)7-10(19-20)4-5-22-3/h6,21H,4-5,7H2,1-3H3/t12-/m1/s1. The third kappa shape index (κ3) is 3.05. The molecule has 1 aliphatic heterocycles. The second-order valence-electron chi connectivity index (χ2n) is 5.16. The van der Waals surface area contributed by atoms with Crippen molar-refractivity contribution in [2.24, 2.45) is 5.10 Å². The van der Waals surface area contributed by atoms with E-state index in [9.17, 15) is 18.3 Å². The molecule has 0 saturated carbocycles. The van der Waals surface area contributed by atoms with Crippen molar-refractivity contribution in [3.8, 4) is 0 Å². The van der Waals surface area contributed by atoms with Crippen molar-refractivity contribution in [1.29, 1.82) is 0 Å². The highest BCUT2D eigenvalue weighted by Crippen LogP contribution is 2.42. The first-order valence-electron chi connectivity index (χ1n) is 6.64. The number of ether oxygens (including phenoxy) is 1. The predicted octanol–water partition coefficient (Wildman–Crippen LogP) is 1.95. The van der Waals surface area contributed by atoms with Crippen molar-refractivity contribution in [3.05, 3.63) is 17.5 Å². The molecule has 1 aromatic heterocycles. The average Bonchev–Trinajstić information content (AvgIpc) is 2.73. The van der Waals surface area contributed by atoms with Crippen LogP contribution in [-0.4, -0.2) is 46.4 Å². The van der Waals surface area contributed by atoms with Crippen LogP contribution >= 0.6 is 0 Å². The van der Waals surface area contributed by atoms with Crippen LogP contribution in [0.2, 0.25) is 0 Å². The lowest BCUT2D eigenvalue weighted by Gasteiger charge is -2.32. The predicted molar refractivity (Wildman–Crippen MR) is 73.5 cm³/mol. The van der Waals surface area contributed by atoms with E-state index in [1.165, 1.54) is 7.11 Å². The lowest BCUT2D eigenvalue weighted by atomic mass is 10.1. The van der Waals surface area contributed by atoms with E-state index in [0.717, 1.165) is 0 Å². The molecule has 0 aliphatic carbocycles. The summed E-state index contributed by atoms with van der Waals surface area (Å²) in [6.45, 7) is 3.49. The number of aromatic nitrogens is 2. The largest absolute Gasteiger partial charge is 0.438 e. The van der Waals surface area contributed by atoms with Crippen molar-refractivity contribution in [2.75, 3.05) is 18.7 Å². The van der Waals surface area contributed by atoms with E-state index < -0.39 is 18.3 Å². The number of aryl methyl sites for hydroxylation is 2. The zero-order chi connectivity index (χ0) is 16.5. The molecule has 22 heavy (non-hydrogen) atoms. The van der Waals surface area contributed by atoms with E-state index in [-0.39, 0.29) is 24.7 Å². The number of hydrogen-bond donors (Lipinski definition) is 1. The number of aliphatic hydroxyl groups is 1. The zero-order valence-corrected chi connectivity index (χ0v) is 12.5. The van der Waals surface area contributed by atoms with Gasteiger partial charge in [0.15, 0.2) is 0 Å². The Balaban J connectivity index is 2.44. The summed E-state index contributed by atoms with van der Waals surface area (Å²) in [5.74, 6) is -0.273. The minimum Gasteiger partial charge on any atom is -0.384 e.